The molecule has 0 radical (unpaired) electrons. The van der Waals surface area contributed by atoms with Crippen molar-refractivity contribution in [1.82, 2.24) is 4.98 Å². The molecule has 1 aliphatic carbocycles. The highest BCUT2D eigenvalue weighted by Gasteiger charge is 2.39. The summed E-state index contributed by atoms with van der Waals surface area (Å²) in [5, 5.41) is 22.3. The number of nitrogens with two attached hydrogens (primary N) is 1. The van der Waals surface area contributed by atoms with Crippen LogP contribution in [-0.2, 0) is 22.4 Å². The number of fused-ring (bicyclic) bond motifs is 1. The van der Waals surface area contributed by atoms with Crippen LogP contribution in [0.5, 0.6) is 5.75 Å². The summed E-state index contributed by atoms with van der Waals surface area (Å²) in [4.78, 5) is 18.2. The molecule has 2 heterocycles. The van der Waals surface area contributed by atoms with Crippen molar-refractivity contribution in [3.63, 3.8) is 0 Å². The van der Waals surface area contributed by atoms with E-state index in [0.29, 0.717) is 38.0 Å². The van der Waals surface area contributed by atoms with E-state index in [-0.39, 0.29) is 23.9 Å². The number of allylic oxidation sites excluding steroid dienone is 2. The molecule has 0 amide bonds. The van der Waals surface area contributed by atoms with Crippen LogP contribution in [0.2, 0.25) is 0 Å². The summed E-state index contributed by atoms with van der Waals surface area (Å²) in [6, 6.07) is 7.77. The topological polar surface area (TPSA) is 118 Å². The highest BCUT2D eigenvalue weighted by molar-refractivity contribution is 9.10. The number of aromatic amines is 1. The number of methoxy groups -OCH3 is 1. The zero-order valence-electron chi connectivity index (χ0n) is 24.4. The predicted molar refractivity (Wildman–Crippen MR) is 173 cm³/mol. The Morgan fingerprint density at radius 3 is 2.81 bits per heavy atom. The summed E-state index contributed by atoms with van der Waals surface area (Å²) >= 11 is 5.37. The van der Waals surface area contributed by atoms with Gasteiger partial charge < -0.3 is 30.4 Å². The van der Waals surface area contributed by atoms with Gasteiger partial charge >= 0.3 is 5.97 Å². The lowest BCUT2D eigenvalue weighted by molar-refractivity contribution is -0.134. The van der Waals surface area contributed by atoms with Crippen molar-refractivity contribution in [1.29, 1.82) is 0 Å². The third-order valence-corrected chi connectivity index (χ3v) is 10.3. The van der Waals surface area contributed by atoms with E-state index in [9.17, 15) is 15.0 Å². The first-order chi connectivity index (χ1) is 20.3. The summed E-state index contributed by atoms with van der Waals surface area (Å²) in [7, 11) is 1.71. The molecule has 1 aliphatic rings. The summed E-state index contributed by atoms with van der Waals surface area (Å²) < 4.78 is 12.4. The molecule has 0 spiro atoms. The van der Waals surface area contributed by atoms with Gasteiger partial charge in [0.1, 0.15) is 5.75 Å². The molecule has 1 fully saturated rings. The average Bonchev–Trinajstić information content (AvgIpc) is 3.60. The number of H-pyrrole nitrogens is 1. The Hall–Kier alpha value is -2.27. The SMILES string of the molecule is CO[C@@H](/C=C/[C@@H]1[C@@H](C/C=C\CCCC(=O)Oc2ccc3[nH]cc(CCN)c3c2)[C@@H](O)C[C@H]1O)CCc1cc(Br)c(C)s1. The Bertz CT molecular complexity index is 1350. The molecule has 0 bridgehead atoms. The number of nitrogens with one attached hydrogen (secondary N) is 1. The number of hydrogen-bond acceptors (Lipinski definition) is 7. The minimum absolute atomic E-state index is 0.0509. The van der Waals surface area contributed by atoms with Crippen LogP contribution in [0.3, 0.4) is 0 Å². The monoisotopic (exact) mass is 658 g/mol. The summed E-state index contributed by atoms with van der Waals surface area (Å²) in [5.41, 5.74) is 7.81. The Labute approximate surface area is 260 Å². The van der Waals surface area contributed by atoms with Gasteiger partial charge in [0, 0.05) is 57.2 Å². The fraction of sp³-hybridized carbons (Fsp3) is 0.485. The average molecular weight is 660 g/mol. The van der Waals surface area contributed by atoms with Crippen LogP contribution in [0.1, 0.15) is 53.8 Å². The number of aryl methyl sites for hydroxylation is 2. The van der Waals surface area contributed by atoms with E-state index in [1.165, 1.54) is 9.75 Å². The van der Waals surface area contributed by atoms with Gasteiger partial charge in [-0.1, -0.05) is 24.3 Å². The Balaban J connectivity index is 1.21. The Morgan fingerprint density at radius 2 is 2.07 bits per heavy atom. The molecule has 5 atom stereocenters. The molecule has 228 valence electrons. The first-order valence-electron chi connectivity index (χ1n) is 14.8. The number of carbonyl (C=O) groups excluding carboxylic acids is 1. The number of rotatable bonds is 15. The van der Waals surface area contributed by atoms with Crippen LogP contribution >= 0.6 is 27.3 Å². The number of carbonyl (C=O) groups is 1. The lowest BCUT2D eigenvalue weighted by Gasteiger charge is -2.20. The minimum Gasteiger partial charge on any atom is -0.427 e. The number of aromatic nitrogens is 1. The first-order valence-corrected chi connectivity index (χ1v) is 16.4. The standard InChI is InChI=1S/C33H43BrN2O5S/c1-21-29(34)18-25(42-21)12-9-23(40-2)10-13-27-26(31(37)19-32(27)38)7-5-3-4-6-8-33(39)41-24-11-14-30-28(17-24)22(15-16-35)20-36-30/h3,5,10-11,13-14,17-18,20,23,26-27,31-32,36-38H,4,6-9,12,15-16,19,35H2,1-2H3/b5-3-,13-10+/t23-,26-,27-,31+,32-/m1/s1. The van der Waals surface area contributed by atoms with E-state index in [1.54, 1.807) is 24.5 Å². The van der Waals surface area contributed by atoms with E-state index in [0.717, 1.165) is 46.6 Å². The van der Waals surface area contributed by atoms with Gasteiger partial charge in [-0.05, 0) is 104 Å². The molecular weight excluding hydrogens is 616 g/mol. The van der Waals surface area contributed by atoms with E-state index >= 15 is 0 Å². The second-order valence-electron chi connectivity index (χ2n) is 11.1. The minimum atomic E-state index is -0.574. The predicted octanol–water partition coefficient (Wildman–Crippen LogP) is 6.39. The molecular formula is C33H43BrN2O5S. The van der Waals surface area contributed by atoms with E-state index in [4.69, 9.17) is 15.2 Å². The number of aliphatic hydroxyl groups is 2. The van der Waals surface area contributed by atoms with Gasteiger partial charge in [-0.15, -0.1) is 11.3 Å². The van der Waals surface area contributed by atoms with Gasteiger partial charge in [-0.3, -0.25) is 4.79 Å². The maximum atomic E-state index is 12.4. The molecule has 42 heavy (non-hydrogen) atoms. The number of thiophene rings is 1. The van der Waals surface area contributed by atoms with E-state index in [1.807, 2.05) is 30.5 Å². The molecule has 5 N–H and O–H groups in total. The molecule has 3 aromatic rings. The van der Waals surface area contributed by atoms with Crippen LogP contribution in [0.25, 0.3) is 10.9 Å². The quantitative estimate of drug-likeness (QED) is 0.0651. The first kappa shape index (κ1) is 32.6. The maximum Gasteiger partial charge on any atom is 0.311 e. The van der Waals surface area contributed by atoms with Crippen molar-refractivity contribution < 1.29 is 24.5 Å². The van der Waals surface area contributed by atoms with Crippen molar-refractivity contribution in [2.75, 3.05) is 13.7 Å². The third-order valence-electron chi connectivity index (χ3n) is 8.06. The number of ether oxygens (including phenoxy) is 2. The van der Waals surface area contributed by atoms with Crippen LogP contribution in [0.15, 0.2) is 59.2 Å². The molecule has 9 heteroatoms. The van der Waals surface area contributed by atoms with Gasteiger partial charge in [0.05, 0.1) is 18.3 Å². The van der Waals surface area contributed by atoms with Crippen molar-refractivity contribution in [3.8, 4) is 5.75 Å². The third kappa shape index (κ3) is 8.88. The van der Waals surface area contributed by atoms with Crippen LogP contribution in [-0.4, -0.2) is 53.1 Å². The smallest absolute Gasteiger partial charge is 0.311 e. The second kappa shape index (κ2) is 16.0. The molecule has 0 aliphatic heterocycles. The van der Waals surface area contributed by atoms with E-state index in [2.05, 4.69) is 46.1 Å². The fourth-order valence-corrected chi connectivity index (χ4v) is 7.30. The van der Waals surface area contributed by atoms with Gasteiger partial charge in [0.25, 0.3) is 0 Å². The fourth-order valence-electron chi connectivity index (χ4n) is 5.68. The highest BCUT2D eigenvalue weighted by Crippen LogP contribution is 2.36. The van der Waals surface area contributed by atoms with Crippen molar-refractivity contribution in [2.24, 2.45) is 17.6 Å². The summed E-state index contributed by atoms with van der Waals surface area (Å²) in [6.45, 7) is 2.66. The lowest BCUT2D eigenvalue weighted by Crippen LogP contribution is -2.20. The Kier molecular flexibility index (Phi) is 12.4. The molecule has 2 aromatic heterocycles. The van der Waals surface area contributed by atoms with E-state index < -0.39 is 12.2 Å². The van der Waals surface area contributed by atoms with Crippen LogP contribution in [0.4, 0.5) is 0 Å². The van der Waals surface area contributed by atoms with Crippen molar-refractivity contribution >= 4 is 44.1 Å². The highest BCUT2D eigenvalue weighted by atomic mass is 79.9. The van der Waals surface area contributed by atoms with Crippen molar-refractivity contribution in [3.05, 3.63) is 74.6 Å². The van der Waals surface area contributed by atoms with Crippen LogP contribution in [0, 0.1) is 18.8 Å². The van der Waals surface area contributed by atoms with Gasteiger partial charge in [0.2, 0.25) is 0 Å². The second-order valence-corrected chi connectivity index (χ2v) is 13.3. The molecule has 0 saturated heterocycles. The largest absolute Gasteiger partial charge is 0.427 e. The number of aliphatic hydroxyl groups excluding tert-OH is 2. The zero-order valence-corrected chi connectivity index (χ0v) is 26.8. The normalized spacial score (nSPS) is 21.7. The number of benzene rings is 1. The Morgan fingerprint density at radius 1 is 1.24 bits per heavy atom. The van der Waals surface area contributed by atoms with Crippen molar-refractivity contribution in [2.45, 2.75) is 76.6 Å². The maximum absolute atomic E-state index is 12.4. The molecule has 4 rings (SSSR count). The number of unbranched alkanes of at least 4 members (excludes halogenated alkanes) is 1. The summed E-state index contributed by atoms with van der Waals surface area (Å²) in [5.74, 6) is 0.100. The number of esters is 1. The lowest BCUT2D eigenvalue weighted by atomic mass is 9.89. The van der Waals surface area contributed by atoms with Gasteiger partial charge in [-0.2, -0.15) is 0 Å². The van der Waals surface area contributed by atoms with Gasteiger partial charge in [-0.25, -0.2) is 0 Å². The number of hydrogen-bond donors (Lipinski definition) is 4. The molecule has 0 unspecified atom stereocenters. The molecule has 7 nitrogen and oxygen atoms in total. The van der Waals surface area contributed by atoms with Crippen LogP contribution < -0.4 is 10.5 Å². The zero-order chi connectivity index (χ0) is 30.1. The molecule has 1 saturated carbocycles. The molecule has 1 aromatic carbocycles. The summed E-state index contributed by atoms with van der Waals surface area (Å²) in [6.07, 6.45) is 14.3. The number of halogens is 1. The van der Waals surface area contributed by atoms with Gasteiger partial charge in [0.15, 0.2) is 0 Å².